The van der Waals surface area contributed by atoms with E-state index in [1.807, 2.05) is 31.3 Å². The number of hydrogen-bond donors (Lipinski definition) is 2. The second kappa shape index (κ2) is 7.66. The highest BCUT2D eigenvalue weighted by molar-refractivity contribution is 7.18. The maximum absolute atomic E-state index is 12.6. The summed E-state index contributed by atoms with van der Waals surface area (Å²) in [5.74, 6) is -0.256. The Labute approximate surface area is 158 Å². The standard InChI is InChI=1S/C19H18F3N3OS/c1-12(18(26)23-14-9-7-13(8-10-14)19(20,21)22)25(2)11-17-24-15-5-3-4-6-16(15)27-17/h3-10,12H,11H2,1-2H3,(H,23,26)/p+1/t12-/m1/s1. The Morgan fingerprint density at radius 2 is 1.85 bits per heavy atom. The number of hydrogen-bond acceptors (Lipinski definition) is 3. The van der Waals surface area contributed by atoms with E-state index in [2.05, 4.69) is 10.3 Å². The van der Waals surface area contributed by atoms with Crippen molar-refractivity contribution in [1.82, 2.24) is 4.98 Å². The van der Waals surface area contributed by atoms with Crippen molar-refractivity contribution in [3.8, 4) is 0 Å². The van der Waals surface area contributed by atoms with Crippen LogP contribution in [-0.2, 0) is 17.5 Å². The molecule has 3 aromatic rings. The van der Waals surface area contributed by atoms with Crippen molar-refractivity contribution in [3.63, 3.8) is 0 Å². The second-order valence-electron chi connectivity index (χ2n) is 6.38. The van der Waals surface area contributed by atoms with Gasteiger partial charge < -0.3 is 10.2 Å². The molecule has 1 amide bonds. The Morgan fingerprint density at radius 3 is 2.48 bits per heavy atom. The van der Waals surface area contributed by atoms with Gasteiger partial charge in [0.15, 0.2) is 6.04 Å². The maximum atomic E-state index is 12.6. The lowest BCUT2D eigenvalue weighted by molar-refractivity contribution is -0.907. The third kappa shape index (κ3) is 4.64. The number of amides is 1. The van der Waals surface area contributed by atoms with Crippen LogP contribution in [0.25, 0.3) is 10.2 Å². The number of quaternary nitrogens is 1. The van der Waals surface area contributed by atoms with Gasteiger partial charge in [0.2, 0.25) is 0 Å². The van der Waals surface area contributed by atoms with E-state index in [4.69, 9.17) is 0 Å². The smallest absolute Gasteiger partial charge is 0.322 e. The molecule has 0 bridgehead atoms. The summed E-state index contributed by atoms with van der Waals surface area (Å²) < 4.78 is 38.9. The molecule has 142 valence electrons. The van der Waals surface area contributed by atoms with Crippen LogP contribution in [0.2, 0.25) is 0 Å². The van der Waals surface area contributed by atoms with Gasteiger partial charge in [-0.3, -0.25) is 4.79 Å². The first-order chi connectivity index (χ1) is 12.7. The molecule has 0 fully saturated rings. The summed E-state index contributed by atoms with van der Waals surface area (Å²) in [6.45, 7) is 2.36. The predicted molar refractivity (Wildman–Crippen MR) is 99.7 cm³/mol. The highest BCUT2D eigenvalue weighted by atomic mass is 32.1. The minimum atomic E-state index is -4.39. The number of rotatable bonds is 5. The molecule has 0 aliphatic carbocycles. The molecule has 1 heterocycles. The number of carbonyl (C=O) groups is 1. The summed E-state index contributed by atoms with van der Waals surface area (Å²) >= 11 is 1.59. The normalized spacial score (nSPS) is 14.1. The molecule has 0 saturated heterocycles. The molecule has 0 radical (unpaired) electrons. The summed E-state index contributed by atoms with van der Waals surface area (Å²) in [5, 5.41) is 3.60. The Bertz CT molecular complexity index is 904. The van der Waals surface area contributed by atoms with Gasteiger partial charge in [0.1, 0.15) is 11.6 Å². The number of thiazole rings is 1. The number of aromatic nitrogens is 1. The minimum Gasteiger partial charge on any atom is -0.322 e. The minimum absolute atomic E-state index is 0.256. The molecule has 2 aromatic carbocycles. The second-order valence-corrected chi connectivity index (χ2v) is 7.50. The van der Waals surface area contributed by atoms with E-state index < -0.39 is 11.7 Å². The Hall–Kier alpha value is -2.45. The van der Waals surface area contributed by atoms with Crippen LogP contribution in [-0.4, -0.2) is 24.0 Å². The van der Waals surface area contributed by atoms with Crippen LogP contribution >= 0.6 is 11.3 Å². The van der Waals surface area contributed by atoms with Gasteiger partial charge >= 0.3 is 6.18 Å². The van der Waals surface area contributed by atoms with Crippen LogP contribution in [0.15, 0.2) is 48.5 Å². The zero-order chi connectivity index (χ0) is 19.6. The van der Waals surface area contributed by atoms with Crippen molar-refractivity contribution in [1.29, 1.82) is 0 Å². The third-order valence-corrected chi connectivity index (χ3v) is 5.42. The first-order valence-electron chi connectivity index (χ1n) is 8.39. The number of carbonyl (C=O) groups excluding carboxylic acids is 1. The Morgan fingerprint density at radius 1 is 1.19 bits per heavy atom. The highest BCUT2D eigenvalue weighted by Gasteiger charge is 2.30. The molecular weight excluding hydrogens is 375 g/mol. The number of para-hydroxylation sites is 1. The lowest BCUT2D eigenvalue weighted by Gasteiger charge is -2.20. The summed E-state index contributed by atoms with van der Waals surface area (Å²) in [5.41, 5.74) is 0.534. The van der Waals surface area contributed by atoms with Crippen LogP contribution in [0.4, 0.5) is 18.9 Å². The van der Waals surface area contributed by atoms with Crippen LogP contribution in [0.5, 0.6) is 0 Å². The molecule has 0 spiro atoms. The van der Waals surface area contributed by atoms with E-state index in [1.54, 1.807) is 18.3 Å². The molecular formula is C19H19F3N3OS+. The van der Waals surface area contributed by atoms with E-state index in [0.29, 0.717) is 12.2 Å². The molecule has 2 atom stereocenters. The maximum Gasteiger partial charge on any atom is 0.416 e. The number of nitrogens with one attached hydrogen (secondary N) is 2. The Balaban J connectivity index is 1.62. The molecule has 0 saturated carbocycles. The molecule has 2 N–H and O–H groups in total. The zero-order valence-electron chi connectivity index (χ0n) is 14.8. The van der Waals surface area contributed by atoms with Gasteiger partial charge in [-0.2, -0.15) is 13.2 Å². The number of fused-ring (bicyclic) bond motifs is 1. The van der Waals surface area contributed by atoms with Crippen molar-refractivity contribution < 1.29 is 22.9 Å². The number of halogens is 3. The van der Waals surface area contributed by atoms with Gasteiger partial charge in [-0.25, -0.2) is 4.98 Å². The highest BCUT2D eigenvalue weighted by Crippen LogP contribution is 2.29. The molecule has 27 heavy (non-hydrogen) atoms. The Kier molecular flexibility index (Phi) is 5.48. The summed E-state index contributed by atoms with van der Waals surface area (Å²) in [7, 11) is 1.89. The SMILES string of the molecule is C[C@H](C(=O)Nc1ccc(C(F)(F)F)cc1)[NH+](C)Cc1nc2ccccc2s1. The van der Waals surface area contributed by atoms with Gasteiger partial charge in [0.25, 0.3) is 5.91 Å². The summed E-state index contributed by atoms with van der Waals surface area (Å²) in [6, 6.07) is 11.9. The fourth-order valence-electron chi connectivity index (χ4n) is 2.60. The van der Waals surface area contributed by atoms with Gasteiger partial charge in [-0.15, -0.1) is 11.3 Å². The molecule has 0 aliphatic rings. The summed E-state index contributed by atoms with van der Waals surface area (Å²) in [4.78, 5) is 17.9. The van der Waals surface area contributed by atoms with Crippen molar-refractivity contribution in [2.75, 3.05) is 12.4 Å². The molecule has 3 rings (SSSR count). The van der Waals surface area contributed by atoms with E-state index >= 15 is 0 Å². The van der Waals surface area contributed by atoms with Gasteiger partial charge in [-0.05, 0) is 43.3 Å². The molecule has 0 aliphatic heterocycles. The molecule has 1 aromatic heterocycles. The largest absolute Gasteiger partial charge is 0.416 e. The lowest BCUT2D eigenvalue weighted by Crippen LogP contribution is -3.12. The third-order valence-electron chi connectivity index (χ3n) is 4.38. The topological polar surface area (TPSA) is 46.4 Å². The first-order valence-corrected chi connectivity index (χ1v) is 9.20. The van der Waals surface area contributed by atoms with Crippen molar-refractivity contribution in [2.45, 2.75) is 25.7 Å². The number of alkyl halides is 3. The molecule has 4 nitrogen and oxygen atoms in total. The number of anilines is 1. The van der Waals surface area contributed by atoms with E-state index in [-0.39, 0.29) is 11.9 Å². The van der Waals surface area contributed by atoms with E-state index in [1.165, 1.54) is 12.1 Å². The first kappa shape index (κ1) is 19.3. The van der Waals surface area contributed by atoms with Crippen LogP contribution in [0.3, 0.4) is 0 Å². The van der Waals surface area contributed by atoms with Crippen molar-refractivity contribution >= 4 is 33.1 Å². The fourth-order valence-corrected chi connectivity index (χ4v) is 3.67. The zero-order valence-corrected chi connectivity index (χ0v) is 15.6. The van der Waals surface area contributed by atoms with Crippen molar-refractivity contribution in [3.05, 3.63) is 59.1 Å². The number of nitrogens with zero attached hydrogens (tertiary/aromatic N) is 1. The van der Waals surface area contributed by atoms with Crippen LogP contribution in [0, 0.1) is 0 Å². The van der Waals surface area contributed by atoms with E-state index in [0.717, 1.165) is 32.3 Å². The van der Waals surface area contributed by atoms with Gasteiger partial charge in [0, 0.05) is 5.69 Å². The average molecular weight is 394 g/mol. The van der Waals surface area contributed by atoms with Gasteiger partial charge in [0.05, 0.1) is 22.8 Å². The van der Waals surface area contributed by atoms with Gasteiger partial charge in [-0.1, -0.05) is 12.1 Å². The molecule has 8 heteroatoms. The van der Waals surface area contributed by atoms with Crippen LogP contribution < -0.4 is 10.2 Å². The molecule has 1 unspecified atom stereocenters. The van der Waals surface area contributed by atoms with Crippen molar-refractivity contribution in [2.24, 2.45) is 0 Å². The van der Waals surface area contributed by atoms with Crippen LogP contribution in [0.1, 0.15) is 17.5 Å². The predicted octanol–water partition coefficient (Wildman–Crippen LogP) is 3.36. The lowest BCUT2D eigenvalue weighted by atomic mass is 10.2. The summed E-state index contributed by atoms with van der Waals surface area (Å²) in [6.07, 6.45) is -4.39. The van der Waals surface area contributed by atoms with E-state index in [9.17, 15) is 18.0 Å². The number of likely N-dealkylation sites (N-methyl/N-ethyl adjacent to an activating group) is 1. The average Bonchev–Trinajstić information content (AvgIpc) is 3.02. The quantitative estimate of drug-likeness (QED) is 0.697. The number of benzene rings is 2. The fraction of sp³-hybridized carbons (Fsp3) is 0.263. The monoisotopic (exact) mass is 394 g/mol.